The summed E-state index contributed by atoms with van der Waals surface area (Å²) in [7, 11) is 5.24. The molecule has 2 rings (SSSR count). The van der Waals surface area contributed by atoms with Gasteiger partial charge in [-0.2, -0.15) is 8.78 Å². The molecule has 1 aliphatic heterocycles. The van der Waals surface area contributed by atoms with Crippen molar-refractivity contribution in [2.24, 2.45) is 0 Å². The van der Waals surface area contributed by atoms with E-state index in [4.69, 9.17) is 17.0 Å². The maximum atomic E-state index is 12.8. The third-order valence-corrected chi connectivity index (χ3v) is 4.77. The molecule has 0 bridgehead atoms. The highest BCUT2D eigenvalue weighted by atomic mass is 32.1. The maximum absolute atomic E-state index is 12.8. The Labute approximate surface area is 169 Å². The summed E-state index contributed by atoms with van der Waals surface area (Å²) >= 11 is 5.49. The van der Waals surface area contributed by atoms with Gasteiger partial charge in [0.2, 0.25) is 0 Å². The normalized spacial score (nSPS) is 17.2. The van der Waals surface area contributed by atoms with Gasteiger partial charge in [0.15, 0.2) is 5.11 Å². The lowest BCUT2D eigenvalue weighted by Crippen LogP contribution is -2.48. The van der Waals surface area contributed by atoms with E-state index in [1.807, 2.05) is 19.0 Å². The highest BCUT2D eigenvalue weighted by Gasteiger charge is 2.36. The number of para-hydroxylation sites is 1. The molecule has 9 heteroatoms. The summed E-state index contributed by atoms with van der Waals surface area (Å²) in [5.41, 5.74) is 1.33. The predicted molar refractivity (Wildman–Crippen MR) is 106 cm³/mol. The molecule has 0 spiro atoms. The highest BCUT2D eigenvalue weighted by molar-refractivity contribution is 7.80. The zero-order valence-electron chi connectivity index (χ0n) is 16.4. The number of alkyl halides is 2. The maximum Gasteiger partial charge on any atom is 0.387 e. The van der Waals surface area contributed by atoms with Crippen molar-refractivity contribution in [1.82, 2.24) is 15.1 Å². The van der Waals surface area contributed by atoms with Crippen molar-refractivity contribution in [3.8, 4) is 5.75 Å². The van der Waals surface area contributed by atoms with Crippen molar-refractivity contribution < 1.29 is 23.0 Å². The van der Waals surface area contributed by atoms with Crippen LogP contribution in [-0.4, -0.2) is 61.8 Å². The molecule has 1 aromatic carbocycles. The molecule has 0 amide bonds. The van der Waals surface area contributed by atoms with Gasteiger partial charge in [-0.1, -0.05) is 18.2 Å². The summed E-state index contributed by atoms with van der Waals surface area (Å²) < 4.78 is 35.2. The van der Waals surface area contributed by atoms with E-state index in [1.165, 1.54) is 13.2 Å². The molecule has 0 unspecified atom stereocenters. The number of carbonyl (C=O) groups excluding carboxylic acids is 1. The van der Waals surface area contributed by atoms with E-state index < -0.39 is 18.6 Å². The third kappa shape index (κ3) is 5.17. The molecule has 28 heavy (non-hydrogen) atoms. The first kappa shape index (κ1) is 22.0. The number of thiocarbonyl (C=S) groups is 1. The van der Waals surface area contributed by atoms with Crippen LogP contribution in [0.5, 0.6) is 5.75 Å². The number of benzene rings is 1. The molecule has 1 aromatic rings. The van der Waals surface area contributed by atoms with Crippen molar-refractivity contribution in [2.75, 3.05) is 34.3 Å². The molecule has 1 atom stereocenters. The van der Waals surface area contributed by atoms with Crippen molar-refractivity contribution in [1.29, 1.82) is 0 Å². The van der Waals surface area contributed by atoms with E-state index in [9.17, 15) is 13.6 Å². The van der Waals surface area contributed by atoms with Gasteiger partial charge in [0.05, 0.1) is 18.7 Å². The molecule has 0 fully saturated rings. The van der Waals surface area contributed by atoms with Gasteiger partial charge in [-0.05, 0) is 52.3 Å². The SMILES string of the molecule is COC(=O)C1=C(C)N(CCCN(C)C)C(=S)N[C@@H]1c1ccccc1OC(F)F. The van der Waals surface area contributed by atoms with Crippen LogP contribution in [0.4, 0.5) is 8.78 Å². The Kier molecular flexibility index (Phi) is 7.70. The van der Waals surface area contributed by atoms with Gasteiger partial charge in [-0.25, -0.2) is 4.79 Å². The second-order valence-electron chi connectivity index (χ2n) is 6.60. The number of hydrogen-bond donors (Lipinski definition) is 1. The first-order valence-electron chi connectivity index (χ1n) is 8.81. The number of esters is 1. The van der Waals surface area contributed by atoms with Crippen molar-refractivity contribution in [3.63, 3.8) is 0 Å². The van der Waals surface area contributed by atoms with Crippen LogP contribution >= 0.6 is 12.2 Å². The molecule has 0 saturated heterocycles. The van der Waals surface area contributed by atoms with Crippen molar-refractivity contribution in [3.05, 3.63) is 41.1 Å². The molecular weight excluding hydrogens is 388 g/mol. The van der Waals surface area contributed by atoms with E-state index in [2.05, 4.69) is 15.0 Å². The fourth-order valence-corrected chi connectivity index (χ4v) is 3.47. The van der Waals surface area contributed by atoms with Crippen LogP contribution < -0.4 is 10.1 Å². The standard InChI is InChI=1S/C19H25F2N3O3S/c1-12-15(17(25)26-4)16(13-8-5-6-9-14(13)27-18(20)21)22-19(28)24(12)11-7-10-23(2)3/h5-6,8-9,16,18H,7,10-11H2,1-4H3,(H,22,28)/t16-/m1/s1. The Morgan fingerprint density at radius 2 is 2.04 bits per heavy atom. The summed E-state index contributed by atoms with van der Waals surface area (Å²) in [4.78, 5) is 16.4. The number of nitrogens with zero attached hydrogens (tertiary/aromatic N) is 2. The molecule has 0 radical (unpaired) electrons. The third-order valence-electron chi connectivity index (χ3n) is 4.43. The Morgan fingerprint density at radius 3 is 2.64 bits per heavy atom. The van der Waals surface area contributed by atoms with E-state index in [0.29, 0.717) is 28.5 Å². The fraction of sp³-hybridized carbons (Fsp3) is 0.474. The van der Waals surface area contributed by atoms with Crippen LogP contribution in [0.25, 0.3) is 0 Å². The zero-order chi connectivity index (χ0) is 20.8. The molecule has 1 aliphatic rings. The van der Waals surface area contributed by atoms with Gasteiger partial charge < -0.3 is 24.6 Å². The lowest BCUT2D eigenvalue weighted by molar-refractivity contribution is -0.136. The van der Waals surface area contributed by atoms with Gasteiger partial charge in [0, 0.05) is 17.8 Å². The average Bonchev–Trinajstić information content (AvgIpc) is 2.63. The van der Waals surface area contributed by atoms with Gasteiger partial charge in [-0.15, -0.1) is 0 Å². The number of rotatable bonds is 8. The second-order valence-corrected chi connectivity index (χ2v) is 6.98. The van der Waals surface area contributed by atoms with Gasteiger partial charge in [0.25, 0.3) is 0 Å². The van der Waals surface area contributed by atoms with Crippen LogP contribution in [0.3, 0.4) is 0 Å². The lowest BCUT2D eigenvalue weighted by atomic mass is 9.94. The predicted octanol–water partition coefficient (Wildman–Crippen LogP) is 2.92. The average molecular weight is 413 g/mol. The number of carbonyl (C=O) groups is 1. The largest absolute Gasteiger partial charge is 0.466 e. The minimum atomic E-state index is -2.98. The van der Waals surface area contributed by atoms with Crippen molar-refractivity contribution >= 4 is 23.3 Å². The highest BCUT2D eigenvalue weighted by Crippen LogP contribution is 2.36. The number of methoxy groups -OCH3 is 1. The van der Waals surface area contributed by atoms with Crippen LogP contribution in [0.2, 0.25) is 0 Å². The molecule has 1 N–H and O–H groups in total. The summed E-state index contributed by atoms with van der Waals surface area (Å²) in [6.07, 6.45) is 0.830. The van der Waals surface area contributed by atoms with E-state index >= 15 is 0 Å². The zero-order valence-corrected chi connectivity index (χ0v) is 17.2. The number of nitrogens with one attached hydrogen (secondary N) is 1. The quantitative estimate of drug-likeness (QED) is 0.520. The Bertz CT molecular complexity index is 756. The summed E-state index contributed by atoms with van der Waals surface area (Å²) in [5, 5.41) is 3.51. The number of allylic oxidation sites excluding steroid dienone is 1. The minimum Gasteiger partial charge on any atom is -0.466 e. The molecular formula is C19H25F2N3O3S. The number of hydrogen-bond acceptors (Lipinski definition) is 5. The Hall–Kier alpha value is -2.26. The van der Waals surface area contributed by atoms with Gasteiger partial charge in [-0.3, -0.25) is 0 Å². The van der Waals surface area contributed by atoms with Crippen LogP contribution in [0, 0.1) is 0 Å². The van der Waals surface area contributed by atoms with Gasteiger partial charge in [0.1, 0.15) is 5.75 Å². The van der Waals surface area contributed by atoms with E-state index in [-0.39, 0.29) is 5.75 Å². The summed E-state index contributed by atoms with van der Waals surface area (Å²) in [6.45, 7) is 0.261. The topological polar surface area (TPSA) is 54.0 Å². The second kappa shape index (κ2) is 9.79. The lowest BCUT2D eigenvalue weighted by Gasteiger charge is -2.38. The molecule has 1 heterocycles. The van der Waals surface area contributed by atoms with E-state index in [0.717, 1.165) is 13.0 Å². The smallest absolute Gasteiger partial charge is 0.387 e. The molecule has 0 aliphatic carbocycles. The first-order valence-corrected chi connectivity index (χ1v) is 9.22. The Morgan fingerprint density at radius 1 is 1.36 bits per heavy atom. The first-order chi connectivity index (χ1) is 13.3. The Balaban J connectivity index is 2.44. The van der Waals surface area contributed by atoms with Crippen LogP contribution in [0.15, 0.2) is 35.5 Å². The number of ether oxygens (including phenoxy) is 2. The summed E-state index contributed by atoms with van der Waals surface area (Å²) in [5.74, 6) is -0.574. The van der Waals surface area contributed by atoms with Crippen molar-refractivity contribution in [2.45, 2.75) is 26.0 Å². The monoisotopic (exact) mass is 413 g/mol. The fourth-order valence-electron chi connectivity index (χ4n) is 3.13. The molecule has 6 nitrogen and oxygen atoms in total. The van der Waals surface area contributed by atoms with Gasteiger partial charge >= 0.3 is 12.6 Å². The van der Waals surface area contributed by atoms with E-state index in [1.54, 1.807) is 25.1 Å². The minimum absolute atomic E-state index is 0.0203. The molecule has 0 saturated carbocycles. The summed E-state index contributed by atoms with van der Waals surface area (Å²) in [6, 6.07) is 5.58. The number of halogens is 2. The molecule has 0 aromatic heterocycles. The molecule has 154 valence electrons. The van der Waals surface area contributed by atoms with Crippen LogP contribution in [-0.2, 0) is 9.53 Å². The van der Waals surface area contributed by atoms with Crippen LogP contribution in [0.1, 0.15) is 24.9 Å².